The van der Waals surface area contributed by atoms with Crippen molar-refractivity contribution < 1.29 is 14.8 Å². The Morgan fingerprint density at radius 1 is 1.28 bits per heavy atom. The molecule has 0 spiro atoms. The van der Waals surface area contributed by atoms with Crippen molar-refractivity contribution in [2.24, 2.45) is 23.7 Å². The number of hydrogen-bond acceptors (Lipinski definition) is 4. The molecule has 0 saturated heterocycles. The zero-order valence-electron chi connectivity index (χ0n) is 15.6. The van der Waals surface area contributed by atoms with E-state index in [-0.39, 0.29) is 12.3 Å². The van der Waals surface area contributed by atoms with Crippen LogP contribution >= 0.6 is 12.2 Å². The molecule has 1 saturated carbocycles. The monoisotopic (exact) mass is 371 g/mol. The predicted molar refractivity (Wildman–Crippen MR) is 102 cm³/mol. The molecule has 0 heterocycles. The number of hydroxylamine groups is 1. The van der Waals surface area contributed by atoms with Gasteiger partial charge in [-0.15, -0.1) is 0 Å². The molecule has 0 aromatic heterocycles. The number of carbonyl (C=O) groups excluding carboxylic acids is 2. The smallest absolute Gasteiger partial charge is 0.244 e. The van der Waals surface area contributed by atoms with Crippen LogP contribution in [-0.2, 0) is 9.59 Å². The van der Waals surface area contributed by atoms with Gasteiger partial charge in [0.15, 0.2) is 0 Å². The third-order valence-corrected chi connectivity index (χ3v) is 5.47. The summed E-state index contributed by atoms with van der Waals surface area (Å²) in [5.74, 6) is 0.324. The maximum Gasteiger partial charge on any atom is 0.244 e. The van der Waals surface area contributed by atoms with E-state index in [4.69, 9.17) is 17.4 Å². The highest BCUT2D eigenvalue weighted by Gasteiger charge is 2.26. The maximum atomic E-state index is 12.4. The van der Waals surface area contributed by atoms with Crippen molar-refractivity contribution >= 4 is 29.0 Å². The minimum absolute atomic E-state index is 0.0163. The average molecular weight is 372 g/mol. The third-order valence-electron chi connectivity index (χ3n) is 4.94. The van der Waals surface area contributed by atoms with Crippen LogP contribution in [0.4, 0.5) is 0 Å². The minimum Gasteiger partial charge on any atom is -0.383 e. The number of hydrogen-bond donors (Lipinski definition) is 4. The highest BCUT2D eigenvalue weighted by molar-refractivity contribution is 7.80. The summed E-state index contributed by atoms with van der Waals surface area (Å²) in [6.45, 7) is 4.66. The third kappa shape index (κ3) is 8.14. The van der Waals surface area contributed by atoms with Crippen LogP contribution in [-0.4, -0.2) is 35.6 Å². The van der Waals surface area contributed by atoms with E-state index < -0.39 is 11.8 Å². The lowest BCUT2D eigenvalue weighted by atomic mass is 9.79. The summed E-state index contributed by atoms with van der Waals surface area (Å²) in [5.41, 5.74) is 1.62. The van der Waals surface area contributed by atoms with Gasteiger partial charge < -0.3 is 10.6 Å². The molecule has 1 aliphatic carbocycles. The second-order valence-corrected chi connectivity index (χ2v) is 7.93. The number of rotatable bonds is 9. The highest BCUT2D eigenvalue weighted by Crippen LogP contribution is 2.31. The lowest BCUT2D eigenvalue weighted by Gasteiger charge is -2.29. The molecular weight excluding hydrogens is 338 g/mol. The highest BCUT2D eigenvalue weighted by atomic mass is 32.1. The largest absolute Gasteiger partial charge is 0.383 e. The summed E-state index contributed by atoms with van der Waals surface area (Å²) < 4.78 is 0. The maximum absolute atomic E-state index is 12.4. The first-order valence-corrected chi connectivity index (χ1v) is 9.70. The Morgan fingerprint density at radius 3 is 2.60 bits per heavy atom. The standard InChI is InChI=1S/C18H33N3O3S/c1-12(2)9-15(11-16(22)21-24)17(23)20-8-7-13-5-4-6-14(10-13)18(25)19-3/h12-15,24H,4-11H2,1-3H3,(H,19,25)(H,20,23)(H,21,22)/t13-,14?,15-/m1/s1. The Morgan fingerprint density at radius 2 is 2.00 bits per heavy atom. The number of nitrogens with one attached hydrogen (secondary N) is 3. The van der Waals surface area contributed by atoms with Gasteiger partial charge in [0.1, 0.15) is 0 Å². The first-order valence-electron chi connectivity index (χ1n) is 9.29. The summed E-state index contributed by atoms with van der Waals surface area (Å²) in [6.07, 6.45) is 6.17. The minimum atomic E-state index is -0.517. The van der Waals surface area contributed by atoms with Crippen molar-refractivity contribution in [2.45, 2.75) is 58.8 Å². The Balaban J connectivity index is 2.42. The lowest BCUT2D eigenvalue weighted by Crippen LogP contribution is -2.36. The summed E-state index contributed by atoms with van der Waals surface area (Å²) in [6, 6.07) is 0. The van der Waals surface area contributed by atoms with Crippen molar-refractivity contribution in [3.8, 4) is 0 Å². The van der Waals surface area contributed by atoms with Crippen molar-refractivity contribution in [2.75, 3.05) is 13.6 Å². The van der Waals surface area contributed by atoms with Gasteiger partial charge in [-0.2, -0.15) is 0 Å². The van der Waals surface area contributed by atoms with Crippen LogP contribution in [0.2, 0.25) is 0 Å². The van der Waals surface area contributed by atoms with Crippen molar-refractivity contribution in [3.05, 3.63) is 0 Å². The number of amides is 2. The topological polar surface area (TPSA) is 90.5 Å². The summed E-state index contributed by atoms with van der Waals surface area (Å²) in [5, 5.41) is 14.8. The quantitative estimate of drug-likeness (QED) is 0.284. The summed E-state index contributed by atoms with van der Waals surface area (Å²) >= 11 is 5.37. The zero-order chi connectivity index (χ0) is 18.8. The van der Waals surface area contributed by atoms with Crippen molar-refractivity contribution in [1.82, 2.24) is 16.1 Å². The zero-order valence-corrected chi connectivity index (χ0v) is 16.5. The normalized spacial score (nSPS) is 21.5. The van der Waals surface area contributed by atoms with Gasteiger partial charge in [-0.05, 0) is 37.5 Å². The van der Waals surface area contributed by atoms with Crippen LogP contribution in [0.3, 0.4) is 0 Å². The van der Waals surface area contributed by atoms with Crippen LogP contribution in [0.25, 0.3) is 0 Å². The molecule has 0 aliphatic heterocycles. The van der Waals surface area contributed by atoms with E-state index in [1.165, 1.54) is 12.8 Å². The molecule has 25 heavy (non-hydrogen) atoms. The van der Waals surface area contributed by atoms with E-state index in [0.29, 0.717) is 30.7 Å². The molecule has 2 amide bonds. The van der Waals surface area contributed by atoms with Gasteiger partial charge in [0, 0.05) is 31.8 Å². The van der Waals surface area contributed by atoms with E-state index in [9.17, 15) is 9.59 Å². The molecule has 4 N–H and O–H groups in total. The molecule has 1 unspecified atom stereocenters. The molecule has 0 radical (unpaired) electrons. The van der Waals surface area contributed by atoms with Gasteiger partial charge >= 0.3 is 0 Å². The van der Waals surface area contributed by atoms with Crippen LogP contribution in [0.15, 0.2) is 0 Å². The van der Waals surface area contributed by atoms with E-state index >= 15 is 0 Å². The second-order valence-electron chi connectivity index (χ2n) is 7.49. The molecule has 6 nitrogen and oxygen atoms in total. The van der Waals surface area contributed by atoms with Gasteiger partial charge in [0.25, 0.3) is 0 Å². The molecule has 0 bridgehead atoms. The van der Waals surface area contributed by atoms with E-state index in [0.717, 1.165) is 24.3 Å². The lowest BCUT2D eigenvalue weighted by molar-refractivity contribution is -0.135. The van der Waals surface area contributed by atoms with Crippen LogP contribution in [0.1, 0.15) is 58.8 Å². The fraction of sp³-hybridized carbons (Fsp3) is 0.833. The Bertz CT molecular complexity index is 457. The molecule has 144 valence electrons. The number of carbonyl (C=O) groups is 2. The van der Waals surface area contributed by atoms with Crippen molar-refractivity contribution in [3.63, 3.8) is 0 Å². The molecule has 0 aromatic rings. The SMILES string of the molecule is CNC(=S)C1CCC[C@H](CCNC(=O)[C@@H](CC(=O)NO)CC(C)C)C1. The Hall–Kier alpha value is -1.21. The van der Waals surface area contributed by atoms with Crippen LogP contribution < -0.4 is 16.1 Å². The fourth-order valence-electron chi connectivity index (χ4n) is 3.66. The summed E-state index contributed by atoms with van der Waals surface area (Å²) in [7, 11) is 1.88. The van der Waals surface area contributed by atoms with Gasteiger partial charge in [-0.3, -0.25) is 14.8 Å². The van der Waals surface area contributed by atoms with Crippen molar-refractivity contribution in [1.29, 1.82) is 0 Å². The van der Waals surface area contributed by atoms with Gasteiger partial charge in [-0.25, -0.2) is 5.48 Å². The molecular formula is C18H33N3O3S. The average Bonchev–Trinajstić information content (AvgIpc) is 2.60. The molecule has 1 aliphatic rings. The predicted octanol–water partition coefficient (Wildman–Crippen LogP) is 2.40. The van der Waals surface area contributed by atoms with Gasteiger partial charge in [0.2, 0.25) is 11.8 Å². The fourth-order valence-corrected chi connectivity index (χ4v) is 3.87. The van der Waals surface area contributed by atoms with Crippen LogP contribution in [0.5, 0.6) is 0 Å². The van der Waals surface area contributed by atoms with Gasteiger partial charge in [-0.1, -0.05) is 38.9 Å². The molecule has 0 aromatic carbocycles. The van der Waals surface area contributed by atoms with E-state index in [1.54, 1.807) is 5.48 Å². The molecule has 7 heteroatoms. The Kier molecular flexibility index (Phi) is 9.97. The second kappa shape index (κ2) is 11.4. The first kappa shape index (κ1) is 21.8. The molecule has 1 fully saturated rings. The van der Waals surface area contributed by atoms with Gasteiger partial charge in [0.05, 0.1) is 4.99 Å². The van der Waals surface area contributed by atoms with Crippen LogP contribution in [0, 0.1) is 23.7 Å². The molecule has 1 rings (SSSR count). The number of thiocarbonyl (C=S) groups is 1. The van der Waals surface area contributed by atoms with E-state index in [1.807, 2.05) is 20.9 Å². The first-order chi connectivity index (χ1) is 11.9. The Labute approximate surface area is 156 Å². The molecule has 3 atom stereocenters. The summed E-state index contributed by atoms with van der Waals surface area (Å²) in [4.78, 5) is 24.7. The van der Waals surface area contributed by atoms with E-state index in [2.05, 4.69) is 10.6 Å².